The van der Waals surface area contributed by atoms with Gasteiger partial charge in [-0.25, -0.2) is 0 Å². The highest BCUT2D eigenvalue weighted by atomic mass is 16.5. The Hall–Kier alpha value is -2.93. The van der Waals surface area contributed by atoms with Crippen molar-refractivity contribution in [1.82, 2.24) is 19.7 Å². The first-order chi connectivity index (χ1) is 14.0. The summed E-state index contributed by atoms with van der Waals surface area (Å²) < 4.78 is 8.67. The molecule has 0 bridgehead atoms. The van der Waals surface area contributed by atoms with Crippen LogP contribution in [0.4, 0.5) is 0 Å². The highest BCUT2D eigenvalue weighted by Crippen LogP contribution is 2.39. The highest BCUT2D eigenvalue weighted by molar-refractivity contribution is 5.94. The van der Waals surface area contributed by atoms with Gasteiger partial charge in [-0.3, -0.25) is 14.3 Å². The predicted octanol–water partition coefficient (Wildman–Crippen LogP) is 2.45. The van der Waals surface area contributed by atoms with Crippen LogP contribution < -0.4 is 10.9 Å². The molecule has 0 aliphatic heterocycles. The van der Waals surface area contributed by atoms with E-state index in [1.54, 1.807) is 12.3 Å². The van der Waals surface area contributed by atoms with Gasteiger partial charge in [-0.15, -0.1) is 0 Å². The van der Waals surface area contributed by atoms with Crippen LogP contribution in [-0.2, 0) is 18.3 Å². The third-order valence-corrected chi connectivity index (χ3v) is 5.54. The molecule has 4 rings (SSSR count). The number of hydrogen-bond donors (Lipinski definition) is 1. The first-order valence-corrected chi connectivity index (χ1v) is 10.1. The van der Waals surface area contributed by atoms with Crippen molar-refractivity contribution < 1.29 is 9.53 Å². The zero-order valence-corrected chi connectivity index (χ0v) is 16.8. The smallest absolute Gasteiger partial charge is 0.252 e. The highest BCUT2D eigenvalue weighted by Gasteiger charge is 2.32. The number of nitrogens with zero attached hydrogens (tertiary/aromatic N) is 3. The molecule has 2 heterocycles. The van der Waals surface area contributed by atoms with E-state index in [1.165, 1.54) is 21.6 Å². The van der Waals surface area contributed by atoms with E-state index in [2.05, 4.69) is 22.7 Å². The predicted molar refractivity (Wildman–Crippen MR) is 111 cm³/mol. The number of aryl methyl sites for hydroxylation is 1. The molecule has 1 fully saturated rings. The number of hydrogen-bond acceptors (Lipinski definition) is 4. The van der Waals surface area contributed by atoms with Crippen LogP contribution in [0.25, 0.3) is 10.9 Å². The van der Waals surface area contributed by atoms with Crippen LogP contribution in [-0.4, -0.2) is 39.5 Å². The second-order valence-electron chi connectivity index (χ2n) is 7.57. The van der Waals surface area contributed by atoms with Crippen molar-refractivity contribution in [2.24, 2.45) is 7.05 Å². The Morgan fingerprint density at radius 2 is 2.07 bits per heavy atom. The molecule has 1 saturated carbocycles. The molecule has 1 aliphatic carbocycles. The molecule has 0 unspecified atom stereocenters. The number of nitrogens with one attached hydrogen (secondary N) is 1. The van der Waals surface area contributed by atoms with E-state index in [1.807, 2.05) is 30.8 Å². The molecular formula is C22H26N4O3. The van der Waals surface area contributed by atoms with Crippen LogP contribution >= 0.6 is 0 Å². The summed E-state index contributed by atoms with van der Waals surface area (Å²) in [4.78, 5) is 24.6. The molecule has 0 saturated heterocycles. The monoisotopic (exact) mass is 394 g/mol. The Kier molecular flexibility index (Phi) is 5.49. The molecule has 0 radical (unpaired) electrons. The number of carbonyl (C=O) groups excluding carboxylic acids is 1. The third-order valence-electron chi connectivity index (χ3n) is 5.54. The minimum Gasteiger partial charge on any atom is -0.380 e. The van der Waals surface area contributed by atoms with Gasteiger partial charge >= 0.3 is 0 Å². The van der Waals surface area contributed by atoms with Crippen molar-refractivity contribution >= 4 is 16.8 Å². The molecule has 2 aromatic heterocycles. The maximum atomic E-state index is 12.6. The van der Waals surface area contributed by atoms with Gasteiger partial charge in [0.05, 0.1) is 17.7 Å². The fraction of sp³-hybridized carbons (Fsp3) is 0.409. The summed E-state index contributed by atoms with van der Waals surface area (Å²) in [5, 5.41) is 8.75. The summed E-state index contributed by atoms with van der Waals surface area (Å²) in [7, 11) is 1.93. The second-order valence-corrected chi connectivity index (χ2v) is 7.57. The molecule has 3 aromatic rings. The van der Waals surface area contributed by atoms with Gasteiger partial charge in [-0.1, -0.05) is 12.1 Å². The second kappa shape index (κ2) is 8.21. The van der Waals surface area contributed by atoms with Gasteiger partial charge in [0.25, 0.3) is 11.5 Å². The van der Waals surface area contributed by atoms with E-state index in [9.17, 15) is 9.59 Å². The third kappa shape index (κ3) is 4.10. The number of ether oxygens (including phenoxy) is 1. The van der Waals surface area contributed by atoms with Crippen LogP contribution in [0.3, 0.4) is 0 Å². The first kappa shape index (κ1) is 19.4. The maximum Gasteiger partial charge on any atom is 0.252 e. The molecule has 1 aromatic carbocycles. The molecule has 0 atom stereocenters. The van der Waals surface area contributed by atoms with Crippen LogP contribution in [0.2, 0.25) is 0 Å². The van der Waals surface area contributed by atoms with Crippen LogP contribution in [0.1, 0.15) is 41.6 Å². The quantitative estimate of drug-likeness (QED) is 0.625. The molecule has 1 amide bonds. The molecule has 7 nitrogen and oxygen atoms in total. The summed E-state index contributed by atoms with van der Waals surface area (Å²) in [5.74, 6) is 0.284. The first-order valence-electron chi connectivity index (χ1n) is 10.1. The minimum atomic E-state index is -0.141. The Labute approximate surface area is 169 Å². The summed E-state index contributed by atoms with van der Waals surface area (Å²) in [6, 6.07) is 9.39. The SMILES string of the molecule is CCOCCn1cc(C(=O)NC2CC(c3cccc4nn(C)cc34)C2)ccc1=O. The fourth-order valence-electron chi connectivity index (χ4n) is 3.95. The van der Waals surface area contributed by atoms with Gasteiger partial charge in [0.15, 0.2) is 0 Å². The number of pyridine rings is 1. The Bertz CT molecular complexity index is 1080. The summed E-state index contributed by atoms with van der Waals surface area (Å²) in [6.45, 7) is 3.40. The topological polar surface area (TPSA) is 78.2 Å². The summed E-state index contributed by atoms with van der Waals surface area (Å²) in [5.41, 5.74) is 2.67. The molecule has 152 valence electrons. The Balaban J connectivity index is 1.38. The maximum absolute atomic E-state index is 12.6. The minimum absolute atomic E-state index is 0.130. The van der Waals surface area contributed by atoms with Gasteiger partial charge in [0.1, 0.15) is 0 Å². The average molecular weight is 394 g/mol. The van der Waals surface area contributed by atoms with Crippen molar-refractivity contribution in [3.8, 4) is 0 Å². The molecule has 1 N–H and O–H groups in total. The lowest BCUT2D eigenvalue weighted by molar-refractivity contribution is 0.0907. The van der Waals surface area contributed by atoms with E-state index in [4.69, 9.17) is 4.74 Å². The lowest BCUT2D eigenvalue weighted by Gasteiger charge is -2.36. The number of aromatic nitrogens is 3. The lowest BCUT2D eigenvalue weighted by atomic mass is 9.75. The number of amides is 1. The molecule has 1 aliphatic rings. The fourth-order valence-corrected chi connectivity index (χ4v) is 3.95. The molecule has 29 heavy (non-hydrogen) atoms. The van der Waals surface area contributed by atoms with Crippen molar-refractivity contribution in [2.45, 2.75) is 38.3 Å². The summed E-state index contributed by atoms with van der Waals surface area (Å²) in [6.07, 6.45) is 5.48. The van der Waals surface area contributed by atoms with Crippen LogP contribution in [0, 0.1) is 0 Å². The van der Waals surface area contributed by atoms with Gasteiger partial charge in [-0.2, -0.15) is 5.10 Å². The summed E-state index contributed by atoms with van der Waals surface area (Å²) >= 11 is 0. The van der Waals surface area contributed by atoms with Crippen molar-refractivity contribution in [3.05, 3.63) is 64.2 Å². The van der Waals surface area contributed by atoms with E-state index >= 15 is 0 Å². The molecular weight excluding hydrogens is 368 g/mol. The van der Waals surface area contributed by atoms with Crippen molar-refractivity contribution in [1.29, 1.82) is 0 Å². The zero-order chi connectivity index (χ0) is 20.4. The largest absolute Gasteiger partial charge is 0.380 e. The Morgan fingerprint density at radius 1 is 1.24 bits per heavy atom. The van der Waals surface area contributed by atoms with Gasteiger partial charge in [0.2, 0.25) is 0 Å². The number of fused-ring (bicyclic) bond motifs is 1. The van der Waals surface area contributed by atoms with Crippen molar-refractivity contribution in [2.75, 3.05) is 13.2 Å². The normalized spacial score (nSPS) is 18.6. The molecule has 0 spiro atoms. The van der Waals surface area contributed by atoms with E-state index in [0.29, 0.717) is 31.2 Å². The standard InChI is InChI=1S/C22H26N4O3/c1-3-29-10-9-26-13-15(7-8-21(26)27)22(28)23-17-11-16(12-17)18-5-4-6-20-19(18)14-25(2)24-20/h4-8,13-14,16-17H,3,9-12H2,1-2H3,(H,23,28). The van der Waals surface area contributed by atoms with E-state index < -0.39 is 0 Å². The number of carbonyl (C=O) groups is 1. The number of benzene rings is 1. The van der Waals surface area contributed by atoms with E-state index in [0.717, 1.165) is 18.4 Å². The zero-order valence-electron chi connectivity index (χ0n) is 16.8. The lowest BCUT2D eigenvalue weighted by Crippen LogP contribution is -2.43. The van der Waals surface area contributed by atoms with E-state index in [-0.39, 0.29) is 17.5 Å². The van der Waals surface area contributed by atoms with Gasteiger partial charge in [-0.05, 0) is 43.4 Å². The van der Waals surface area contributed by atoms with Crippen LogP contribution in [0.15, 0.2) is 47.5 Å². The number of rotatable bonds is 7. The van der Waals surface area contributed by atoms with Gasteiger partial charge < -0.3 is 14.6 Å². The average Bonchev–Trinajstić information content (AvgIpc) is 3.06. The van der Waals surface area contributed by atoms with Crippen molar-refractivity contribution in [3.63, 3.8) is 0 Å². The van der Waals surface area contributed by atoms with Crippen LogP contribution in [0.5, 0.6) is 0 Å². The Morgan fingerprint density at radius 3 is 2.86 bits per heavy atom. The molecule has 7 heteroatoms. The van der Waals surface area contributed by atoms with Gasteiger partial charge in [0, 0.05) is 50.1 Å².